The number of aromatic nitrogens is 1. The summed E-state index contributed by atoms with van der Waals surface area (Å²) in [4.78, 5) is 19.9. The van der Waals surface area contributed by atoms with E-state index in [9.17, 15) is 13.2 Å². The van der Waals surface area contributed by atoms with Gasteiger partial charge in [0.1, 0.15) is 11.4 Å². The van der Waals surface area contributed by atoms with Gasteiger partial charge in [-0.3, -0.25) is 9.79 Å². The first-order valence-corrected chi connectivity index (χ1v) is 15.0. The van der Waals surface area contributed by atoms with Gasteiger partial charge in [-0.25, -0.2) is 12.7 Å². The van der Waals surface area contributed by atoms with Crippen LogP contribution in [0.15, 0.2) is 35.5 Å². The zero-order chi connectivity index (χ0) is 25.3. The summed E-state index contributed by atoms with van der Waals surface area (Å²) < 4.78 is 30.3. The maximum absolute atomic E-state index is 13.3. The summed E-state index contributed by atoms with van der Waals surface area (Å²) in [7, 11) is 0.699. The minimum absolute atomic E-state index is 0.0365. The van der Waals surface area contributed by atoms with Gasteiger partial charge in [-0.1, -0.05) is 31.4 Å². The second kappa shape index (κ2) is 10.3. The Labute approximate surface area is 214 Å². The van der Waals surface area contributed by atoms with E-state index in [1.807, 2.05) is 12.1 Å². The van der Waals surface area contributed by atoms with Gasteiger partial charge < -0.3 is 14.8 Å². The van der Waals surface area contributed by atoms with Gasteiger partial charge in [-0.15, -0.1) is 0 Å². The molecule has 0 atom stereocenters. The molecule has 0 bridgehead atoms. The number of amidine groups is 1. The van der Waals surface area contributed by atoms with E-state index in [1.54, 1.807) is 4.31 Å². The lowest BCUT2D eigenvalue weighted by molar-refractivity contribution is -0.125. The van der Waals surface area contributed by atoms with Crippen molar-refractivity contribution < 1.29 is 13.2 Å². The van der Waals surface area contributed by atoms with Crippen LogP contribution in [0, 0.1) is 5.92 Å². The van der Waals surface area contributed by atoms with Crippen LogP contribution in [0.5, 0.6) is 0 Å². The second-order valence-corrected chi connectivity index (χ2v) is 13.0. The van der Waals surface area contributed by atoms with Crippen molar-refractivity contribution in [2.24, 2.45) is 10.9 Å². The van der Waals surface area contributed by atoms with Crippen molar-refractivity contribution in [3.63, 3.8) is 0 Å². The molecule has 1 saturated carbocycles. The van der Waals surface area contributed by atoms with Crippen molar-refractivity contribution in [3.05, 3.63) is 36.0 Å². The highest BCUT2D eigenvalue weighted by atomic mass is 32.2. The molecule has 1 aliphatic carbocycles. The van der Waals surface area contributed by atoms with Gasteiger partial charge >= 0.3 is 0 Å². The summed E-state index contributed by atoms with van der Waals surface area (Å²) in [6.07, 6.45) is 9.28. The predicted molar refractivity (Wildman–Crippen MR) is 144 cm³/mol. The number of likely N-dealkylation sites (N-methyl/N-ethyl adjacent to an activating group) is 1. The second-order valence-electron chi connectivity index (χ2n) is 10.9. The third-order valence-electron chi connectivity index (χ3n) is 8.26. The van der Waals surface area contributed by atoms with Crippen LogP contribution in [0.25, 0.3) is 10.9 Å². The fourth-order valence-electron chi connectivity index (χ4n) is 5.96. The predicted octanol–water partition coefficient (Wildman–Crippen LogP) is 3.02. The van der Waals surface area contributed by atoms with Crippen LogP contribution >= 0.6 is 0 Å². The summed E-state index contributed by atoms with van der Waals surface area (Å²) in [5, 5.41) is 4.18. The Morgan fingerprint density at radius 3 is 2.58 bits per heavy atom. The highest BCUT2D eigenvalue weighted by molar-refractivity contribution is 7.89. The van der Waals surface area contributed by atoms with Gasteiger partial charge in [-0.2, -0.15) is 0 Å². The summed E-state index contributed by atoms with van der Waals surface area (Å²) in [5.41, 5.74) is 1.43. The number of benzene rings is 1. The Hall–Kier alpha value is -2.23. The lowest BCUT2D eigenvalue weighted by Gasteiger charge is -2.34. The summed E-state index contributed by atoms with van der Waals surface area (Å²) >= 11 is 0. The van der Waals surface area contributed by atoms with Crippen molar-refractivity contribution in [1.82, 2.24) is 19.1 Å². The average Bonchev–Trinajstić information content (AvgIpc) is 3.43. The fraction of sp³-hybridized carbons (Fsp3) is 0.630. The van der Waals surface area contributed by atoms with Crippen LogP contribution < -0.4 is 5.32 Å². The van der Waals surface area contributed by atoms with Crippen molar-refractivity contribution in [3.8, 4) is 0 Å². The standard InChI is InChI=1S/C27H39N5O3S/c1-30(2)18-19-31-15-11-23-21(9-6-10-24(23)31)12-20-36(34,35)32-16-13-27(14-17-32)26(33)28-25(29-27)22-7-4-3-5-8-22/h6,9-11,15,22H,3-5,7-8,12-14,16-20H2,1-2H3,(H,28,29,33). The van der Waals surface area contributed by atoms with E-state index in [0.29, 0.717) is 38.3 Å². The van der Waals surface area contributed by atoms with Crippen molar-refractivity contribution in [1.29, 1.82) is 0 Å². The molecular formula is C27H39N5O3S. The number of rotatable bonds is 8. The summed E-state index contributed by atoms with van der Waals surface area (Å²) in [5.74, 6) is 1.24. The Morgan fingerprint density at radius 1 is 1.11 bits per heavy atom. The van der Waals surface area contributed by atoms with Crippen LogP contribution in [0.1, 0.15) is 50.5 Å². The van der Waals surface area contributed by atoms with Gasteiger partial charge in [0, 0.05) is 49.2 Å². The molecule has 1 aromatic heterocycles. The fourth-order valence-corrected chi connectivity index (χ4v) is 7.44. The van der Waals surface area contributed by atoms with Gasteiger partial charge in [0.05, 0.1) is 5.75 Å². The number of fused-ring (bicyclic) bond motifs is 1. The first-order valence-electron chi connectivity index (χ1n) is 13.4. The minimum atomic E-state index is -3.42. The van der Waals surface area contributed by atoms with Gasteiger partial charge in [-0.05, 0) is 63.9 Å². The number of amides is 1. The lowest BCUT2D eigenvalue weighted by atomic mass is 9.88. The lowest BCUT2D eigenvalue weighted by Crippen LogP contribution is -2.51. The normalized spacial score (nSPS) is 21.4. The molecular weight excluding hydrogens is 474 g/mol. The van der Waals surface area contributed by atoms with E-state index in [2.05, 4.69) is 47.2 Å². The van der Waals surface area contributed by atoms with E-state index >= 15 is 0 Å². The molecule has 1 spiro atoms. The van der Waals surface area contributed by atoms with Crippen LogP contribution in [-0.4, -0.2) is 79.0 Å². The monoisotopic (exact) mass is 513 g/mol. The molecule has 5 rings (SSSR count). The quantitative estimate of drug-likeness (QED) is 0.588. The molecule has 1 amide bonds. The molecule has 9 heteroatoms. The van der Waals surface area contributed by atoms with E-state index < -0.39 is 15.6 Å². The summed E-state index contributed by atoms with van der Waals surface area (Å²) in [6.45, 7) is 2.54. The van der Waals surface area contributed by atoms with Crippen molar-refractivity contribution in [2.75, 3.05) is 39.5 Å². The van der Waals surface area contributed by atoms with Crippen molar-refractivity contribution in [2.45, 2.75) is 63.5 Å². The van der Waals surface area contributed by atoms with Gasteiger partial charge in [0.15, 0.2) is 0 Å². The molecule has 36 heavy (non-hydrogen) atoms. The Morgan fingerprint density at radius 2 is 1.86 bits per heavy atom. The molecule has 3 aliphatic rings. The third kappa shape index (κ3) is 5.10. The van der Waals surface area contributed by atoms with Crippen LogP contribution in [0.4, 0.5) is 0 Å². The molecule has 1 N–H and O–H groups in total. The number of carbonyl (C=O) groups is 1. The number of piperidine rings is 1. The van der Waals surface area contributed by atoms with E-state index in [1.165, 1.54) is 19.3 Å². The Kier molecular flexibility index (Phi) is 7.25. The molecule has 1 saturated heterocycles. The number of nitrogens with one attached hydrogen (secondary N) is 1. The number of aryl methyl sites for hydroxylation is 1. The third-order valence-corrected chi connectivity index (χ3v) is 10.1. The molecule has 196 valence electrons. The number of sulfonamides is 1. The number of carbonyl (C=O) groups excluding carboxylic acids is 1. The molecule has 2 aromatic rings. The van der Waals surface area contributed by atoms with E-state index in [-0.39, 0.29) is 11.7 Å². The summed E-state index contributed by atoms with van der Waals surface area (Å²) in [6, 6.07) is 8.24. The van der Waals surface area contributed by atoms with E-state index in [0.717, 1.165) is 48.2 Å². The first kappa shape index (κ1) is 25.4. The highest BCUT2D eigenvalue weighted by Gasteiger charge is 2.48. The molecule has 8 nitrogen and oxygen atoms in total. The maximum atomic E-state index is 13.3. The van der Waals surface area contributed by atoms with Crippen molar-refractivity contribution >= 4 is 32.7 Å². The SMILES string of the molecule is CN(C)CCn1ccc2c(CCS(=O)(=O)N3CCC4(CC3)N=C(C3CCCCC3)NC4=O)cccc21. The van der Waals surface area contributed by atoms with Crippen LogP contribution in [-0.2, 0) is 27.8 Å². The molecule has 1 aromatic carbocycles. The molecule has 3 heterocycles. The smallest absolute Gasteiger partial charge is 0.253 e. The Balaban J connectivity index is 1.22. The van der Waals surface area contributed by atoms with Gasteiger partial charge in [0.2, 0.25) is 10.0 Å². The zero-order valence-electron chi connectivity index (χ0n) is 21.6. The molecule has 0 unspecified atom stereocenters. The number of hydrogen-bond donors (Lipinski definition) is 1. The van der Waals surface area contributed by atoms with Crippen LogP contribution in [0.3, 0.4) is 0 Å². The topological polar surface area (TPSA) is 87.0 Å². The molecule has 2 fully saturated rings. The minimum Gasteiger partial charge on any atom is -0.346 e. The van der Waals surface area contributed by atoms with E-state index in [4.69, 9.17) is 4.99 Å². The average molecular weight is 514 g/mol. The number of nitrogens with zero attached hydrogens (tertiary/aromatic N) is 4. The van der Waals surface area contributed by atoms with Crippen LogP contribution in [0.2, 0.25) is 0 Å². The Bertz CT molecular complexity index is 1240. The van der Waals surface area contributed by atoms with Gasteiger partial charge in [0.25, 0.3) is 5.91 Å². The number of aliphatic imine (C=N–C) groups is 1. The number of hydrogen-bond acceptors (Lipinski definition) is 5. The molecule has 0 radical (unpaired) electrons. The maximum Gasteiger partial charge on any atom is 0.253 e. The zero-order valence-corrected chi connectivity index (χ0v) is 22.4. The molecule has 2 aliphatic heterocycles. The largest absolute Gasteiger partial charge is 0.346 e. The highest BCUT2D eigenvalue weighted by Crippen LogP contribution is 2.35. The first-order chi connectivity index (χ1) is 17.3.